The third kappa shape index (κ3) is 2.17. The minimum absolute atomic E-state index is 0.602. The summed E-state index contributed by atoms with van der Waals surface area (Å²) >= 11 is 0. The molecule has 0 aromatic heterocycles. The van der Waals surface area contributed by atoms with E-state index in [9.17, 15) is 0 Å². The Bertz CT molecular complexity index is 920. The van der Waals surface area contributed by atoms with Crippen molar-refractivity contribution in [2.75, 3.05) is 0 Å². The maximum Gasteiger partial charge on any atom is 0.0516 e. The largest absolute Gasteiger partial charge is 0.0711 e. The molecule has 0 aromatic rings. The van der Waals surface area contributed by atoms with Gasteiger partial charge in [-0.1, -0.05) is 67.7 Å². The lowest BCUT2D eigenvalue weighted by molar-refractivity contribution is 0.0615. The minimum Gasteiger partial charge on any atom is -0.0711 e. The van der Waals surface area contributed by atoms with Crippen LogP contribution >= 0.6 is 0 Å². The summed E-state index contributed by atoms with van der Waals surface area (Å²) in [5, 5.41) is 3.14. The molecule has 0 nitrogen and oxygen atoms in total. The lowest BCUT2D eigenvalue weighted by Gasteiger charge is -2.59. The van der Waals surface area contributed by atoms with Crippen LogP contribution < -0.4 is 0 Å². The highest BCUT2D eigenvalue weighted by Crippen LogP contribution is 3.03. The van der Waals surface area contributed by atoms with E-state index in [-0.39, 0.29) is 0 Å². The van der Waals surface area contributed by atoms with E-state index >= 15 is 0 Å². The van der Waals surface area contributed by atoms with Crippen molar-refractivity contribution >= 4 is 29.4 Å². The van der Waals surface area contributed by atoms with E-state index in [4.69, 9.17) is 0 Å². The Balaban J connectivity index is 1.46. The van der Waals surface area contributed by atoms with Gasteiger partial charge in [-0.25, -0.2) is 0 Å². The quantitative estimate of drug-likeness (QED) is 0.304. The summed E-state index contributed by atoms with van der Waals surface area (Å²) in [7, 11) is -5.74. The highest BCUT2D eigenvalue weighted by molar-refractivity contribution is 7.91. The van der Waals surface area contributed by atoms with Gasteiger partial charge in [0, 0.05) is 15.2 Å². The lowest BCUT2D eigenvalue weighted by atomic mass is 9.56. The molecule has 0 amide bonds. The van der Waals surface area contributed by atoms with Gasteiger partial charge >= 0.3 is 0 Å². The molecular weight excluding hydrogens is 497 g/mol. The van der Waals surface area contributed by atoms with Crippen molar-refractivity contribution in [3.63, 3.8) is 0 Å². The summed E-state index contributed by atoms with van der Waals surface area (Å²) in [5.41, 5.74) is 2.66. The van der Waals surface area contributed by atoms with Crippen LogP contribution in [0.4, 0.5) is 0 Å². The molecule has 2 aliphatic heterocycles. The minimum atomic E-state index is -1.44. The molecule has 0 aromatic carbocycles. The van der Waals surface area contributed by atoms with Crippen LogP contribution in [-0.4, -0.2) is 29.4 Å². The fourth-order valence-electron chi connectivity index (χ4n) is 16.2. The fourth-order valence-corrected chi connectivity index (χ4v) is 129. The van der Waals surface area contributed by atoms with Gasteiger partial charge in [-0.05, 0) is 131 Å². The average Bonchev–Trinajstić information content (AvgIpc) is 3.52. The molecule has 8 aliphatic carbocycles. The topological polar surface area (TPSA) is 0 Å². The molecule has 2 heterocycles. The standard InChI is InChI=1S/C32H58Si4/c1-29(2,3)33(7,8)35(27-25-13-21-11-22(14-25)18-31(27,35)17-21)36(34(9,10)30(4,5)6)28-26-15-23-12-24(16-26)20-32(28,36)19-23/h21-28H,11-20H2,1-10H3/t21-,22+,23-,24+,25?,26?,27?,28?,31?,32?,35?,36?. The molecule has 8 unspecified atom stereocenters. The van der Waals surface area contributed by atoms with Crippen LogP contribution in [0, 0.1) is 35.5 Å². The summed E-state index contributed by atoms with van der Waals surface area (Å²) < 4.78 is 0. The van der Waals surface area contributed by atoms with Crippen molar-refractivity contribution in [2.45, 2.75) is 163 Å². The summed E-state index contributed by atoms with van der Waals surface area (Å²) in [6.07, 6.45) is 17.2. The van der Waals surface area contributed by atoms with Crippen LogP contribution in [0.1, 0.15) is 106 Å². The van der Waals surface area contributed by atoms with Crippen molar-refractivity contribution in [3.8, 4) is 0 Å². The van der Waals surface area contributed by atoms with Gasteiger partial charge in [0.2, 0.25) is 0 Å². The normalized spacial score (nSPS) is 58.2. The van der Waals surface area contributed by atoms with Gasteiger partial charge in [0.05, 0.1) is 14.2 Å². The van der Waals surface area contributed by atoms with Crippen LogP contribution in [0.3, 0.4) is 0 Å². The first-order valence-corrected chi connectivity index (χ1v) is 29.7. The van der Waals surface area contributed by atoms with Gasteiger partial charge in [0.1, 0.15) is 0 Å². The van der Waals surface area contributed by atoms with Crippen molar-refractivity contribution in [3.05, 3.63) is 0 Å². The zero-order chi connectivity index (χ0) is 25.7. The first-order chi connectivity index (χ1) is 16.5. The summed E-state index contributed by atoms with van der Waals surface area (Å²) in [4.78, 5) is 0. The van der Waals surface area contributed by atoms with Gasteiger partial charge in [0.25, 0.3) is 0 Å². The van der Waals surface area contributed by atoms with Crippen molar-refractivity contribution in [1.82, 2.24) is 0 Å². The van der Waals surface area contributed by atoms with E-state index in [2.05, 4.69) is 67.7 Å². The summed E-state index contributed by atoms with van der Waals surface area (Å²) in [6.45, 7) is 29.1. The third-order valence-electron chi connectivity index (χ3n) is 17.3. The van der Waals surface area contributed by atoms with Crippen molar-refractivity contribution in [2.24, 2.45) is 35.5 Å². The molecule has 36 heavy (non-hydrogen) atoms. The third-order valence-corrected chi connectivity index (χ3v) is 88.2. The highest BCUT2D eigenvalue weighted by Gasteiger charge is 3.04. The first-order valence-electron chi connectivity index (χ1n) is 16.5. The van der Waals surface area contributed by atoms with Crippen LogP contribution in [0.5, 0.6) is 0 Å². The van der Waals surface area contributed by atoms with Crippen LogP contribution in [-0.2, 0) is 0 Å². The smallest absolute Gasteiger partial charge is 0.0516 e. The molecule has 10 aliphatic rings. The molecule has 2 spiro atoms. The molecular formula is C32H58Si4. The number of hydrogen-bond donors (Lipinski definition) is 0. The first kappa shape index (κ1) is 24.6. The molecule has 0 radical (unpaired) electrons. The molecule has 4 heteroatoms. The van der Waals surface area contributed by atoms with Gasteiger partial charge in [-0.3, -0.25) is 0 Å². The second kappa shape index (κ2) is 6.35. The second-order valence-corrected chi connectivity index (χ2v) is 55.8. The van der Waals surface area contributed by atoms with Gasteiger partial charge in [-0.15, -0.1) is 0 Å². The monoisotopic (exact) mass is 554 g/mol. The molecule has 8 saturated carbocycles. The molecule has 202 valence electrons. The molecule has 10 rings (SSSR count). The summed E-state index contributed by atoms with van der Waals surface area (Å²) in [5.74, 6) is 7.06. The van der Waals surface area contributed by atoms with Gasteiger partial charge in [-0.2, -0.15) is 0 Å². The van der Waals surface area contributed by atoms with E-state index < -0.39 is 29.4 Å². The van der Waals surface area contributed by atoms with Crippen molar-refractivity contribution in [1.29, 1.82) is 0 Å². The van der Waals surface area contributed by atoms with Gasteiger partial charge < -0.3 is 0 Å². The number of rotatable bonds is 3. The fraction of sp³-hybridized carbons (Fsp3) is 1.00. The van der Waals surface area contributed by atoms with Crippen LogP contribution in [0.25, 0.3) is 0 Å². The van der Waals surface area contributed by atoms with Crippen LogP contribution in [0.15, 0.2) is 0 Å². The Kier molecular flexibility index (Phi) is 4.35. The number of hydrogen-bond acceptors (Lipinski definition) is 0. The molecule has 12 atom stereocenters. The molecule has 2 saturated heterocycles. The van der Waals surface area contributed by atoms with Crippen molar-refractivity contribution < 1.29 is 0 Å². The lowest BCUT2D eigenvalue weighted by Crippen LogP contribution is -2.78. The van der Waals surface area contributed by atoms with Crippen LogP contribution in [0.2, 0.25) is 57.4 Å². The Labute approximate surface area is 227 Å². The molecule has 10 fully saturated rings. The Morgan fingerprint density at radius 1 is 0.500 bits per heavy atom. The Morgan fingerprint density at radius 3 is 1.03 bits per heavy atom. The zero-order valence-electron chi connectivity index (χ0n) is 25.7. The maximum atomic E-state index is 3.10. The Morgan fingerprint density at radius 2 is 0.778 bits per heavy atom. The Hall–Kier alpha value is 0.868. The van der Waals surface area contributed by atoms with Gasteiger partial charge in [0.15, 0.2) is 0 Å². The predicted molar refractivity (Wildman–Crippen MR) is 166 cm³/mol. The summed E-state index contributed by atoms with van der Waals surface area (Å²) in [6, 6.07) is 0. The van der Waals surface area contributed by atoms with E-state index in [1.165, 1.54) is 22.9 Å². The van der Waals surface area contributed by atoms with E-state index in [0.717, 1.165) is 33.7 Å². The zero-order valence-corrected chi connectivity index (χ0v) is 29.7. The van der Waals surface area contributed by atoms with E-state index in [0.29, 0.717) is 10.1 Å². The SMILES string of the molecule is CC(C)(C)[Si](C)(C)[Si]1([Si]2([Si](C)(C)C(C)(C)C)C3C4C[C@@H]5C[C@H](C4)CC32C5)C2C3C[C@@H]4C[C@H](C3)CC21C4. The average molecular weight is 555 g/mol. The highest BCUT2D eigenvalue weighted by atomic mass is 29.8. The predicted octanol–water partition coefficient (Wildman–Crippen LogP) is 10.1. The second-order valence-electron chi connectivity index (χ2n) is 19.8. The van der Waals surface area contributed by atoms with E-state index in [1.807, 2.05) is 0 Å². The van der Waals surface area contributed by atoms with E-state index in [1.54, 1.807) is 64.2 Å². The molecule has 0 N–H and O–H groups in total. The molecule has 8 bridgehead atoms. The maximum absolute atomic E-state index is 3.10.